The molecule has 1 amide bonds. The van der Waals surface area contributed by atoms with E-state index in [2.05, 4.69) is 24.1 Å². The smallest absolute Gasteiger partial charge is 0.335 e. The van der Waals surface area contributed by atoms with Crippen molar-refractivity contribution in [1.29, 1.82) is 0 Å². The maximum atomic E-state index is 12.4. The minimum Gasteiger partial charge on any atom is -0.486 e. The van der Waals surface area contributed by atoms with E-state index in [4.69, 9.17) is 10.5 Å². The van der Waals surface area contributed by atoms with E-state index >= 15 is 0 Å². The maximum Gasteiger partial charge on any atom is 0.335 e. The van der Waals surface area contributed by atoms with E-state index in [1.54, 1.807) is 36.4 Å². The molecule has 0 aliphatic carbocycles. The number of nitrogen functional groups attached to an aromatic ring is 1. The van der Waals surface area contributed by atoms with Crippen molar-refractivity contribution in [3.63, 3.8) is 0 Å². The van der Waals surface area contributed by atoms with Crippen molar-refractivity contribution >= 4 is 34.6 Å². The number of nitrogens with two attached hydrogens (primary N) is 1. The summed E-state index contributed by atoms with van der Waals surface area (Å²) < 4.78 is 5.80. The lowest BCUT2D eigenvalue weighted by molar-refractivity contribution is -0.115. The Morgan fingerprint density at radius 1 is 1.23 bits per heavy atom. The third-order valence-corrected chi connectivity index (χ3v) is 5.18. The Morgan fingerprint density at radius 2 is 2.00 bits per heavy atom. The minimum atomic E-state index is -1.07. The van der Waals surface area contributed by atoms with Gasteiger partial charge in [-0.3, -0.25) is 4.79 Å². The van der Waals surface area contributed by atoms with Gasteiger partial charge < -0.3 is 20.9 Å². The molecule has 0 saturated heterocycles. The van der Waals surface area contributed by atoms with Crippen LogP contribution in [0.3, 0.4) is 0 Å². The largest absolute Gasteiger partial charge is 0.486 e. The van der Waals surface area contributed by atoms with E-state index in [1.807, 2.05) is 5.38 Å². The number of hydrogen-bond donors (Lipinski definition) is 3. The van der Waals surface area contributed by atoms with Crippen LogP contribution < -0.4 is 15.8 Å². The Balaban J connectivity index is 1.66. The van der Waals surface area contributed by atoms with Gasteiger partial charge in [-0.25, -0.2) is 9.78 Å². The molecule has 7 nitrogen and oxygen atoms in total. The first-order valence-electron chi connectivity index (χ1n) is 9.40. The lowest BCUT2D eigenvalue weighted by Gasteiger charge is -2.11. The fraction of sp³-hybridized carbons (Fsp3) is 0.227. The summed E-state index contributed by atoms with van der Waals surface area (Å²) in [6.07, 6.45) is -0.0649. The number of nitrogens with one attached hydrogen (secondary N) is 1. The van der Waals surface area contributed by atoms with Crippen molar-refractivity contribution in [2.75, 3.05) is 11.1 Å². The van der Waals surface area contributed by atoms with Crippen molar-refractivity contribution in [1.82, 2.24) is 4.98 Å². The number of aromatic carboxylic acids is 1. The third kappa shape index (κ3) is 5.57. The van der Waals surface area contributed by atoms with E-state index in [-0.39, 0.29) is 17.9 Å². The van der Waals surface area contributed by atoms with E-state index in [0.29, 0.717) is 35.2 Å². The fourth-order valence-corrected chi connectivity index (χ4v) is 3.71. The topological polar surface area (TPSA) is 115 Å². The number of ether oxygens (including phenoxy) is 1. The third-order valence-electron chi connectivity index (χ3n) is 4.33. The minimum absolute atomic E-state index is 0.0649. The number of anilines is 2. The molecule has 30 heavy (non-hydrogen) atoms. The lowest BCUT2D eigenvalue weighted by Crippen LogP contribution is -2.16. The standard InChI is InChI=1S/C22H23N3O4S/c1-13(2)19-12-30-21(25-19)11-29-17-9-15(23)8-16(10-17)24-20(26)7-14-5-3-4-6-18(14)22(27)28/h3-6,8-10,12-13H,7,11,23H2,1-2H3,(H,24,26)(H,27,28). The molecule has 4 N–H and O–H groups in total. The predicted molar refractivity (Wildman–Crippen MR) is 117 cm³/mol. The Labute approximate surface area is 178 Å². The molecule has 8 heteroatoms. The number of hydrogen-bond acceptors (Lipinski definition) is 6. The SMILES string of the molecule is CC(C)c1csc(COc2cc(N)cc(NC(=O)Cc3ccccc3C(=O)O)c2)n1. The number of amides is 1. The van der Waals surface area contributed by atoms with Gasteiger partial charge in [-0.1, -0.05) is 32.0 Å². The van der Waals surface area contributed by atoms with Crippen molar-refractivity contribution < 1.29 is 19.4 Å². The van der Waals surface area contributed by atoms with Crippen LogP contribution in [-0.2, 0) is 17.8 Å². The number of carboxylic acid groups (broad SMARTS) is 1. The zero-order valence-corrected chi connectivity index (χ0v) is 17.5. The van der Waals surface area contributed by atoms with Gasteiger partial charge >= 0.3 is 5.97 Å². The van der Waals surface area contributed by atoms with E-state index in [0.717, 1.165) is 10.7 Å². The van der Waals surface area contributed by atoms with Gasteiger partial charge in [0, 0.05) is 28.9 Å². The van der Waals surface area contributed by atoms with Crippen LogP contribution in [0.4, 0.5) is 11.4 Å². The highest BCUT2D eigenvalue weighted by Crippen LogP contribution is 2.25. The van der Waals surface area contributed by atoms with Crippen molar-refractivity contribution in [3.8, 4) is 5.75 Å². The van der Waals surface area contributed by atoms with Crippen LogP contribution >= 0.6 is 11.3 Å². The average molecular weight is 426 g/mol. The molecule has 1 heterocycles. The highest BCUT2D eigenvalue weighted by molar-refractivity contribution is 7.09. The second-order valence-corrected chi connectivity index (χ2v) is 8.03. The molecule has 0 unspecified atom stereocenters. The van der Waals surface area contributed by atoms with Crippen molar-refractivity contribution in [2.45, 2.75) is 32.8 Å². The molecular formula is C22H23N3O4S. The Bertz CT molecular complexity index is 1060. The first-order chi connectivity index (χ1) is 14.3. The highest BCUT2D eigenvalue weighted by atomic mass is 32.1. The molecule has 0 spiro atoms. The molecule has 0 fully saturated rings. The van der Waals surface area contributed by atoms with Gasteiger partial charge in [-0.2, -0.15) is 0 Å². The summed E-state index contributed by atoms with van der Waals surface area (Å²) in [5.41, 5.74) is 8.43. The molecule has 3 rings (SSSR count). The van der Waals surface area contributed by atoms with Gasteiger partial charge in [0.15, 0.2) is 0 Å². The lowest BCUT2D eigenvalue weighted by atomic mass is 10.0. The van der Waals surface area contributed by atoms with Gasteiger partial charge in [0.2, 0.25) is 5.91 Å². The number of thiazole rings is 1. The first kappa shape index (κ1) is 21.3. The first-order valence-corrected chi connectivity index (χ1v) is 10.3. The zero-order chi connectivity index (χ0) is 21.7. The highest BCUT2D eigenvalue weighted by Gasteiger charge is 2.13. The summed E-state index contributed by atoms with van der Waals surface area (Å²) in [7, 11) is 0. The fourth-order valence-electron chi connectivity index (χ4n) is 2.84. The Hall–Kier alpha value is -3.39. The van der Waals surface area contributed by atoms with Gasteiger partial charge in [-0.05, 0) is 23.6 Å². The molecule has 0 atom stereocenters. The summed E-state index contributed by atoms with van der Waals surface area (Å²) in [5.74, 6) is -0.546. The normalized spacial score (nSPS) is 10.8. The van der Waals surface area contributed by atoms with Gasteiger partial charge in [0.05, 0.1) is 17.7 Å². The number of carboxylic acids is 1. The molecule has 1 aromatic heterocycles. The van der Waals surface area contributed by atoms with Crippen LogP contribution in [-0.4, -0.2) is 22.0 Å². The Morgan fingerprint density at radius 3 is 2.70 bits per heavy atom. The van der Waals surface area contributed by atoms with E-state index in [9.17, 15) is 14.7 Å². The van der Waals surface area contributed by atoms with Gasteiger partial charge in [0.1, 0.15) is 17.4 Å². The molecule has 0 radical (unpaired) electrons. The molecular weight excluding hydrogens is 402 g/mol. The Kier molecular flexibility index (Phi) is 6.68. The van der Waals surface area contributed by atoms with Crippen LogP contribution in [0.25, 0.3) is 0 Å². The molecule has 156 valence electrons. The number of carbonyl (C=O) groups is 2. The van der Waals surface area contributed by atoms with Crippen LogP contribution in [0, 0.1) is 0 Å². The monoisotopic (exact) mass is 425 g/mol. The van der Waals surface area contributed by atoms with Crippen LogP contribution in [0.15, 0.2) is 47.8 Å². The second-order valence-electron chi connectivity index (χ2n) is 7.09. The molecule has 0 aliphatic rings. The summed E-state index contributed by atoms with van der Waals surface area (Å²) in [6.45, 7) is 4.48. The number of rotatable bonds is 8. The van der Waals surface area contributed by atoms with Crippen LogP contribution in [0.2, 0.25) is 0 Å². The number of aromatic nitrogens is 1. The second kappa shape index (κ2) is 9.41. The summed E-state index contributed by atoms with van der Waals surface area (Å²) >= 11 is 1.54. The molecule has 0 bridgehead atoms. The van der Waals surface area contributed by atoms with Crippen LogP contribution in [0.1, 0.15) is 46.4 Å². The van der Waals surface area contributed by atoms with Gasteiger partial charge in [0.25, 0.3) is 0 Å². The summed E-state index contributed by atoms with van der Waals surface area (Å²) in [5, 5.41) is 14.9. The maximum absolute atomic E-state index is 12.4. The summed E-state index contributed by atoms with van der Waals surface area (Å²) in [6, 6.07) is 11.4. The van der Waals surface area contributed by atoms with E-state index in [1.165, 1.54) is 17.4 Å². The number of benzene rings is 2. The number of nitrogens with zero attached hydrogens (tertiary/aromatic N) is 1. The zero-order valence-electron chi connectivity index (χ0n) is 16.7. The van der Waals surface area contributed by atoms with Crippen molar-refractivity contribution in [3.05, 3.63) is 69.7 Å². The van der Waals surface area contributed by atoms with Crippen LogP contribution in [0.5, 0.6) is 5.75 Å². The molecule has 2 aromatic carbocycles. The molecule has 0 saturated carbocycles. The average Bonchev–Trinajstić information content (AvgIpc) is 3.15. The predicted octanol–water partition coefficient (Wildman–Crippen LogP) is 4.31. The van der Waals surface area contributed by atoms with Gasteiger partial charge in [-0.15, -0.1) is 11.3 Å². The molecule has 3 aromatic rings. The summed E-state index contributed by atoms with van der Waals surface area (Å²) in [4.78, 5) is 28.3. The quantitative estimate of drug-likeness (QED) is 0.463. The molecule has 0 aliphatic heterocycles. The number of carbonyl (C=O) groups excluding carboxylic acids is 1. The van der Waals surface area contributed by atoms with Crippen molar-refractivity contribution in [2.24, 2.45) is 0 Å². The van der Waals surface area contributed by atoms with E-state index < -0.39 is 5.97 Å².